The van der Waals surface area contributed by atoms with Crippen LogP contribution in [-0.2, 0) is 6.42 Å². The largest absolute Gasteiger partial charge is 0.490 e. The Bertz CT molecular complexity index is 475. The average Bonchev–Trinajstić information content (AvgIpc) is 2.32. The predicted octanol–water partition coefficient (Wildman–Crippen LogP) is 4.96. The minimum absolute atomic E-state index is 0.197. The molecule has 1 aromatic rings. The van der Waals surface area contributed by atoms with E-state index < -0.39 is 0 Å². The molecule has 0 aliphatic heterocycles. The standard InChI is InChI=1S/C20H33NO/c1-19(2,3)11-10-15-8-7-9-17(12-15)22-18-13-16(14-18)21-20(4,5)6/h7-9,12,16,18,21H,10-11,13-14H2,1-6H3/t16-,18-. The molecule has 1 N–H and O–H groups in total. The van der Waals surface area contributed by atoms with Crippen molar-refractivity contribution in [3.8, 4) is 5.75 Å². The van der Waals surface area contributed by atoms with Gasteiger partial charge in [0.1, 0.15) is 11.9 Å². The molecule has 1 saturated carbocycles. The normalized spacial score (nSPS) is 22.3. The van der Waals surface area contributed by atoms with Crippen LogP contribution >= 0.6 is 0 Å². The molecule has 1 aliphatic carbocycles. The quantitative estimate of drug-likeness (QED) is 0.830. The molecule has 0 atom stereocenters. The summed E-state index contributed by atoms with van der Waals surface area (Å²) >= 11 is 0. The third kappa shape index (κ3) is 6.00. The summed E-state index contributed by atoms with van der Waals surface area (Å²) in [5, 5.41) is 3.64. The van der Waals surface area contributed by atoms with E-state index in [1.165, 1.54) is 12.0 Å². The summed E-state index contributed by atoms with van der Waals surface area (Å²) in [7, 11) is 0. The average molecular weight is 303 g/mol. The summed E-state index contributed by atoms with van der Waals surface area (Å²) < 4.78 is 6.13. The first-order valence-electron chi connectivity index (χ1n) is 8.64. The summed E-state index contributed by atoms with van der Waals surface area (Å²) in [5.74, 6) is 1.03. The Morgan fingerprint density at radius 2 is 1.77 bits per heavy atom. The van der Waals surface area contributed by atoms with Gasteiger partial charge in [0.25, 0.3) is 0 Å². The highest BCUT2D eigenvalue weighted by molar-refractivity contribution is 5.29. The Balaban J connectivity index is 1.80. The van der Waals surface area contributed by atoms with E-state index in [0.717, 1.165) is 25.0 Å². The molecule has 0 heterocycles. The van der Waals surface area contributed by atoms with Crippen molar-refractivity contribution in [3.63, 3.8) is 0 Å². The maximum atomic E-state index is 6.13. The second-order valence-corrected chi connectivity index (χ2v) is 9.01. The number of benzene rings is 1. The molecule has 0 unspecified atom stereocenters. The van der Waals surface area contributed by atoms with Crippen molar-refractivity contribution in [3.05, 3.63) is 29.8 Å². The fraction of sp³-hybridized carbons (Fsp3) is 0.700. The molecular weight excluding hydrogens is 270 g/mol. The van der Waals surface area contributed by atoms with Crippen LogP contribution in [0.2, 0.25) is 0 Å². The molecule has 2 rings (SSSR count). The van der Waals surface area contributed by atoms with Crippen LogP contribution in [0.3, 0.4) is 0 Å². The first-order valence-corrected chi connectivity index (χ1v) is 8.64. The molecule has 1 fully saturated rings. The molecule has 0 amide bonds. The number of aryl methyl sites for hydroxylation is 1. The van der Waals surface area contributed by atoms with Crippen LogP contribution in [0, 0.1) is 5.41 Å². The third-order valence-corrected chi connectivity index (χ3v) is 4.10. The molecule has 0 radical (unpaired) electrons. The minimum Gasteiger partial charge on any atom is -0.490 e. The van der Waals surface area contributed by atoms with Crippen LogP contribution < -0.4 is 10.1 Å². The van der Waals surface area contributed by atoms with Gasteiger partial charge in [-0.2, -0.15) is 0 Å². The highest BCUT2D eigenvalue weighted by atomic mass is 16.5. The van der Waals surface area contributed by atoms with Crippen molar-refractivity contribution in [2.24, 2.45) is 5.41 Å². The summed E-state index contributed by atoms with van der Waals surface area (Å²) in [4.78, 5) is 0. The summed E-state index contributed by atoms with van der Waals surface area (Å²) in [5.41, 5.74) is 1.97. The van der Waals surface area contributed by atoms with Gasteiger partial charge < -0.3 is 10.1 Å². The SMILES string of the molecule is CC(C)(C)CCc1cccc(O[C@H]2C[C@H](NC(C)(C)C)C2)c1. The number of nitrogens with one attached hydrogen (secondary N) is 1. The predicted molar refractivity (Wildman–Crippen MR) is 94.5 cm³/mol. The highest BCUT2D eigenvalue weighted by Gasteiger charge is 2.33. The van der Waals surface area contributed by atoms with E-state index in [4.69, 9.17) is 4.74 Å². The highest BCUT2D eigenvalue weighted by Crippen LogP contribution is 2.28. The van der Waals surface area contributed by atoms with Gasteiger partial charge in [0.05, 0.1) is 0 Å². The van der Waals surface area contributed by atoms with Crippen molar-refractivity contribution >= 4 is 0 Å². The summed E-state index contributed by atoms with van der Waals surface area (Å²) in [6.07, 6.45) is 4.93. The van der Waals surface area contributed by atoms with E-state index in [9.17, 15) is 0 Å². The van der Waals surface area contributed by atoms with Gasteiger partial charge in [0.2, 0.25) is 0 Å². The van der Waals surface area contributed by atoms with Gasteiger partial charge in [-0.25, -0.2) is 0 Å². The van der Waals surface area contributed by atoms with Gasteiger partial charge in [-0.1, -0.05) is 32.9 Å². The Kier molecular flexibility index (Phi) is 5.21. The molecule has 0 bridgehead atoms. The Morgan fingerprint density at radius 1 is 1.09 bits per heavy atom. The van der Waals surface area contributed by atoms with Gasteiger partial charge >= 0.3 is 0 Å². The number of hydrogen-bond donors (Lipinski definition) is 1. The first kappa shape index (κ1) is 17.3. The molecular formula is C20H33NO. The first-order chi connectivity index (χ1) is 10.1. The second kappa shape index (κ2) is 6.62. The summed E-state index contributed by atoms with van der Waals surface area (Å²) in [6, 6.07) is 9.25. The zero-order chi connectivity index (χ0) is 16.4. The van der Waals surface area contributed by atoms with Crippen LogP contribution in [0.5, 0.6) is 5.75 Å². The number of rotatable bonds is 5. The molecule has 22 heavy (non-hydrogen) atoms. The van der Waals surface area contributed by atoms with Gasteiger partial charge in [-0.05, 0) is 69.6 Å². The fourth-order valence-corrected chi connectivity index (χ4v) is 2.88. The molecule has 124 valence electrons. The smallest absolute Gasteiger partial charge is 0.119 e. The van der Waals surface area contributed by atoms with Crippen molar-refractivity contribution in [1.29, 1.82) is 0 Å². The van der Waals surface area contributed by atoms with Crippen LogP contribution in [0.4, 0.5) is 0 Å². The van der Waals surface area contributed by atoms with Crippen LogP contribution in [-0.4, -0.2) is 17.7 Å². The molecule has 0 saturated heterocycles. The maximum absolute atomic E-state index is 6.13. The van der Waals surface area contributed by atoms with E-state index in [1.807, 2.05) is 0 Å². The zero-order valence-electron chi connectivity index (χ0n) is 15.2. The molecule has 1 aliphatic rings. The fourth-order valence-electron chi connectivity index (χ4n) is 2.88. The third-order valence-electron chi connectivity index (χ3n) is 4.10. The van der Waals surface area contributed by atoms with Crippen molar-refractivity contribution < 1.29 is 4.74 Å². The Hall–Kier alpha value is -1.02. The van der Waals surface area contributed by atoms with Gasteiger partial charge in [-0.3, -0.25) is 0 Å². The molecule has 1 aromatic carbocycles. The van der Waals surface area contributed by atoms with E-state index in [0.29, 0.717) is 17.6 Å². The van der Waals surface area contributed by atoms with E-state index in [-0.39, 0.29) is 5.54 Å². The lowest BCUT2D eigenvalue weighted by Gasteiger charge is -2.40. The lowest BCUT2D eigenvalue weighted by molar-refractivity contribution is 0.0733. The van der Waals surface area contributed by atoms with Crippen LogP contribution in [0.25, 0.3) is 0 Å². The van der Waals surface area contributed by atoms with Gasteiger partial charge in [0, 0.05) is 11.6 Å². The molecule has 2 nitrogen and oxygen atoms in total. The van der Waals surface area contributed by atoms with Gasteiger partial charge in [0.15, 0.2) is 0 Å². The second-order valence-electron chi connectivity index (χ2n) is 9.01. The van der Waals surface area contributed by atoms with Crippen molar-refractivity contribution in [1.82, 2.24) is 5.32 Å². The van der Waals surface area contributed by atoms with E-state index in [1.54, 1.807) is 0 Å². The number of hydrogen-bond acceptors (Lipinski definition) is 2. The Morgan fingerprint density at radius 3 is 2.36 bits per heavy atom. The lowest BCUT2D eigenvalue weighted by atomic mass is 9.87. The zero-order valence-corrected chi connectivity index (χ0v) is 15.2. The Labute approximate surface area is 136 Å². The van der Waals surface area contributed by atoms with Gasteiger partial charge in [-0.15, -0.1) is 0 Å². The summed E-state index contributed by atoms with van der Waals surface area (Å²) in [6.45, 7) is 13.6. The molecule has 2 heteroatoms. The molecule has 0 aromatic heterocycles. The van der Waals surface area contributed by atoms with Crippen LogP contribution in [0.15, 0.2) is 24.3 Å². The lowest BCUT2D eigenvalue weighted by Crippen LogP contribution is -2.53. The van der Waals surface area contributed by atoms with Crippen molar-refractivity contribution in [2.45, 2.75) is 84.9 Å². The monoisotopic (exact) mass is 303 g/mol. The maximum Gasteiger partial charge on any atom is 0.119 e. The van der Waals surface area contributed by atoms with Crippen molar-refractivity contribution in [2.75, 3.05) is 0 Å². The van der Waals surface area contributed by atoms with E-state index in [2.05, 4.69) is 71.1 Å². The van der Waals surface area contributed by atoms with Crippen LogP contribution in [0.1, 0.15) is 66.4 Å². The van der Waals surface area contributed by atoms with E-state index >= 15 is 0 Å². The number of ether oxygens (including phenoxy) is 1. The topological polar surface area (TPSA) is 21.3 Å². The molecule has 0 spiro atoms. The minimum atomic E-state index is 0.197.